The fraction of sp³-hybridized carbons (Fsp3) is 1.00. The van der Waals surface area contributed by atoms with Crippen LogP contribution < -0.4 is 0 Å². The van der Waals surface area contributed by atoms with Crippen molar-refractivity contribution in [3.05, 3.63) is 0 Å². The molecule has 0 aromatic heterocycles. The van der Waals surface area contributed by atoms with E-state index in [4.69, 9.17) is 4.74 Å². The van der Waals surface area contributed by atoms with Crippen molar-refractivity contribution in [1.29, 1.82) is 0 Å². The van der Waals surface area contributed by atoms with E-state index in [1.807, 2.05) is 13.8 Å². The number of sulfone groups is 1. The minimum atomic E-state index is -3.00. The zero-order valence-corrected chi connectivity index (χ0v) is 12.7. The molecule has 0 bridgehead atoms. The van der Waals surface area contributed by atoms with Gasteiger partial charge in [0, 0.05) is 13.4 Å². The van der Waals surface area contributed by atoms with Crippen molar-refractivity contribution in [2.45, 2.75) is 62.9 Å². The third-order valence-electron chi connectivity index (χ3n) is 4.51. The first-order valence-electron chi connectivity index (χ1n) is 6.66. The summed E-state index contributed by atoms with van der Waals surface area (Å²) >= 11 is 0. The lowest BCUT2D eigenvalue weighted by Gasteiger charge is -2.40. The Morgan fingerprint density at radius 3 is 2.50 bits per heavy atom. The van der Waals surface area contributed by atoms with Gasteiger partial charge in [-0.25, -0.2) is 8.42 Å². The maximum atomic E-state index is 11.6. The van der Waals surface area contributed by atoms with Gasteiger partial charge in [-0.3, -0.25) is 0 Å². The molecule has 18 heavy (non-hydrogen) atoms. The number of ether oxygens (including phenoxy) is 1. The van der Waals surface area contributed by atoms with Gasteiger partial charge < -0.3 is 9.84 Å². The van der Waals surface area contributed by atoms with Crippen LogP contribution in [0.1, 0.15) is 46.0 Å². The van der Waals surface area contributed by atoms with E-state index in [1.165, 1.54) is 6.26 Å². The van der Waals surface area contributed by atoms with E-state index in [0.29, 0.717) is 12.8 Å². The Bertz CT molecular complexity index is 359. The lowest BCUT2D eigenvalue weighted by atomic mass is 9.78. The minimum Gasteiger partial charge on any atom is -0.390 e. The van der Waals surface area contributed by atoms with Crippen LogP contribution in [0.25, 0.3) is 0 Å². The molecule has 1 aliphatic carbocycles. The first kappa shape index (κ1) is 15.9. The second-order valence-electron chi connectivity index (χ2n) is 5.69. The first-order chi connectivity index (χ1) is 8.24. The molecule has 0 amide bonds. The molecule has 108 valence electrons. The summed E-state index contributed by atoms with van der Waals surface area (Å²) in [5.41, 5.74) is -0.579. The molecule has 1 saturated carbocycles. The standard InChI is InChI=1S/C13H26O4S/c1-5-13(2,17-3)12(14)10-7-6-8-11(9-10)18(4,15)16/h10-12,14H,5-9H2,1-4H3. The number of aliphatic hydroxyl groups excluding tert-OH is 1. The van der Waals surface area contributed by atoms with Gasteiger partial charge in [-0.1, -0.05) is 13.3 Å². The molecule has 0 spiro atoms. The van der Waals surface area contributed by atoms with Gasteiger partial charge in [0.05, 0.1) is 17.0 Å². The van der Waals surface area contributed by atoms with Crippen molar-refractivity contribution in [1.82, 2.24) is 0 Å². The van der Waals surface area contributed by atoms with Crippen molar-refractivity contribution < 1.29 is 18.3 Å². The topological polar surface area (TPSA) is 63.6 Å². The van der Waals surface area contributed by atoms with E-state index in [-0.39, 0.29) is 11.2 Å². The van der Waals surface area contributed by atoms with E-state index < -0.39 is 21.5 Å². The Hall–Kier alpha value is -0.130. The number of aliphatic hydroxyl groups is 1. The maximum Gasteiger partial charge on any atom is 0.150 e. The van der Waals surface area contributed by atoms with Crippen molar-refractivity contribution in [2.24, 2.45) is 5.92 Å². The van der Waals surface area contributed by atoms with E-state index in [1.54, 1.807) is 7.11 Å². The highest BCUT2D eigenvalue weighted by Gasteiger charge is 2.40. The van der Waals surface area contributed by atoms with Crippen molar-refractivity contribution in [3.8, 4) is 0 Å². The van der Waals surface area contributed by atoms with Gasteiger partial charge in [0.15, 0.2) is 0 Å². The largest absolute Gasteiger partial charge is 0.390 e. The summed E-state index contributed by atoms with van der Waals surface area (Å²) in [5, 5.41) is 10.2. The molecule has 1 rings (SSSR count). The number of methoxy groups -OCH3 is 1. The highest BCUT2D eigenvalue weighted by molar-refractivity contribution is 7.91. The van der Waals surface area contributed by atoms with Crippen LogP contribution in [0, 0.1) is 5.92 Å². The number of hydrogen-bond acceptors (Lipinski definition) is 4. The van der Waals surface area contributed by atoms with Gasteiger partial charge in [0.2, 0.25) is 0 Å². The molecular formula is C13H26O4S. The molecule has 0 saturated heterocycles. The first-order valence-corrected chi connectivity index (χ1v) is 8.62. The molecule has 4 atom stereocenters. The SMILES string of the molecule is CCC(C)(OC)C(O)C1CCCC(S(C)(=O)=O)C1. The summed E-state index contributed by atoms with van der Waals surface area (Å²) in [4.78, 5) is 0. The molecule has 1 fully saturated rings. The lowest BCUT2D eigenvalue weighted by molar-refractivity contribution is -0.119. The molecular weight excluding hydrogens is 252 g/mol. The van der Waals surface area contributed by atoms with E-state index in [9.17, 15) is 13.5 Å². The highest BCUT2D eigenvalue weighted by atomic mass is 32.2. The second-order valence-corrected chi connectivity index (χ2v) is 8.02. The van der Waals surface area contributed by atoms with E-state index in [0.717, 1.165) is 19.3 Å². The van der Waals surface area contributed by atoms with Gasteiger partial charge in [0.25, 0.3) is 0 Å². The van der Waals surface area contributed by atoms with Crippen LogP contribution in [0.3, 0.4) is 0 Å². The van der Waals surface area contributed by atoms with Crippen molar-refractivity contribution >= 4 is 9.84 Å². The molecule has 0 aliphatic heterocycles. The Morgan fingerprint density at radius 1 is 1.44 bits per heavy atom. The molecule has 1 aliphatic rings. The van der Waals surface area contributed by atoms with Crippen molar-refractivity contribution in [2.75, 3.05) is 13.4 Å². The van der Waals surface area contributed by atoms with Crippen LogP contribution in [-0.2, 0) is 14.6 Å². The lowest BCUT2D eigenvalue weighted by Crippen LogP contribution is -2.47. The van der Waals surface area contributed by atoms with Gasteiger partial charge in [-0.15, -0.1) is 0 Å². The third-order valence-corrected chi connectivity index (χ3v) is 6.15. The minimum absolute atomic E-state index is 0.0170. The summed E-state index contributed by atoms with van der Waals surface area (Å²) < 4.78 is 28.7. The van der Waals surface area contributed by atoms with Gasteiger partial charge in [-0.2, -0.15) is 0 Å². The maximum absolute atomic E-state index is 11.6. The van der Waals surface area contributed by atoms with Crippen LogP contribution >= 0.6 is 0 Å². The molecule has 0 heterocycles. The Balaban J connectivity index is 2.78. The Morgan fingerprint density at radius 2 is 2.06 bits per heavy atom. The Kier molecular flexibility index (Phi) is 5.21. The predicted octanol–water partition coefficient (Wildman–Crippen LogP) is 1.77. The zero-order chi connectivity index (χ0) is 14.0. The Labute approximate surface area is 111 Å². The number of hydrogen-bond donors (Lipinski definition) is 1. The third kappa shape index (κ3) is 3.45. The molecule has 1 N–H and O–H groups in total. The van der Waals surface area contributed by atoms with Gasteiger partial charge in [0.1, 0.15) is 9.84 Å². The van der Waals surface area contributed by atoms with Gasteiger partial charge in [-0.05, 0) is 38.5 Å². The van der Waals surface area contributed by atoms with Crippen LogP contribution in [-0.4, -0.2) is 43.8 Å². The molecule has 4 unspecified atom stereocenters. The smallest absolute Gasteiger partial charge is 0.150 e. The van der Waals surface area contributed by atoms with Crippen LogP contribution in [0.2, 0.25) is 0 Å². The molecule has 5 heteroatoms. The molecule has 0 aromatic carbocycles. The summed E-state index contributed by atoms with van der Waals surface area (Å²) in [6.45, 7) is 3.87. The fourth-order valence-electron chi connectivity index (χ4n) is 2.83. The average Bonchev–Trinajstić information content (AvgIpc) is 2.36. The van der Waals surface area contributed by atoms with Crippen LogP contribution in [0.4, 0.5) is 0 Å². The summed E-state index contributed by atoms with van der Waals surface area (Å²) in [7, 11) is -1.40. The molecule has 0 radical (unpaired) electrons. The quantitative estimate of drug-likeness (QED) is 0.832. The summed E-state index contributed by atoms with van der Waals surface area (Å²) in [6, 6.07) is 0. The monoisotopic (exact) mass is 278 g/mol. The van der Waals surface area contributed by atoms with E-state index in [2.05, 4.69) is 0 Å². The highest BCUT2D eigenvalue weighted by Crippen LogP contribution is 2.36. The summed E-state index contributed by atoms with van der Waals surface area (Å²) in [6.07, 6.45) is 4.43. The van der Waals surface area contributed by atoms with E-state index >= 15 is 0 Å². The fourth-order valence-corrected chi connectivity index (χ4v) is 4.02. The van der Waals surface area contributed by atoms with Crippen molar-refractivity contribution in [3.63, 3.8) is 0 Å². The predicted molar refractivity (Wildman–Crippen MR) is 72.3 cm³/mol. The van der Waals surface area contributed by atoms with Gasteiger partial charge >= 0.3 is 0 Å². The zero-order valence-electron chi connectivity index (χ0n) is 11.8. The summed E-state index contributed by atoms with van der Waals surface area (Å²) in [5.74, 6) is 0.0170. The second kappa shape index (κ2) is 5.88. The average molecular weight is 278 g/mol. The normalized spacial score (nSPS) is 30.7. The molecule has 4 nitrogen and oxygen atoms in total. The molecule has 0 aromatic rings. The number of rotatable bonds is 5. The van der Waals surface area contributed by atoms with Crippen LogP contribution in [0.15, 0.2) is 0 Å². The van der Waals surface area contributed by atoms with Crippen LogP contribution in [0.5, 0.6) is 0 Å².